The summed E-state index contributed by atoms with van der Waals surface area (Å²) in [5.74, 6) is -0.194. The summed E-state index contributed by atoms with van der Waals surface area (Å²) in [6.45, 7) is 0. The number of nitro benzene ring substituents is 1. The summed E-state index contributed by atoms with van der Waals surface area (Å²) in [5, 5.41) is 23.4. The number of nitrogens with zero attached hydrogens (tertiary/aromatic N) is 4. The van der Waals surface area contributed by atoms with Crippen LogP contribution < -0.4 is 5.73 Å². The van der Waals surface area contributed by atoms with E-state index in [1.165, 1.54) is 0 Å². The molecule has 0 radical (unpaired) electrons. The summed E-state index contributed by atoms with van der Waals surface area (Å²) in [5.41, 5.74) is 3.30. The molecule has 10 heteroatoms. The van der Waals surface area contributed by atoms with Crippen LogP contribution in [0.25, 0.3) is 5.69 Å². The fraction of sp³-hybridized carbons (Fsp3) is 0.0909. The highest BCUT2D eigenvalue weighted by Crippen LogP contribution is 2.34. The van der Waals surface area contributed by atoms with Crippen molar-refractivity contribution in [3.05, 3.63) is 45.6 Å². The van der Waals surface area contributed by atoms with Crippen LogP contribution >= 0.6 is 0 Å². The summed E-state index contributed by atoms with van der Waals surface area (Å²) in [7, 11) is 0. The van der Waals surface area contributed by atoms with Gasteiger partial charge < -0.3 is 5.73 Å². The fourth-order valence-electron chi connectivity index (χ4n) is 1.66. The van der Waals surface area contributed by atoms with Crippen molar-refractivity contribution in [3.63, 3.8) is 0 Å². The van der Waals surface area contributed by atoms with E-state index in [0.29, 0.717) is 12.1 Å². The third-order valence-electron chi connectivity index (χ3n) is 2.65. The number of hydrogen-bond acceptors (Lipinski definition) is 5. The lowest BCUT2D eigenvalue weighted by molar-refractivity contribution is -0.384. The number of aromatic nitrogens is 2. The first kappa shape index (κ1) is 14.3. The zero-order chi connectivity index (χ0) is 15.8. The van der Waals surface area contributed by atoms with Crippen molar-refractivity contribution in [2.24, 2.45) is 0 Å². The van der Waals surface area contributed by atoms with Gasteiger partial charge in [0.15, 0.2) is 0 Å². The van der Waals surface area contributed by atoms with E-state index in [1.807, 2.05) is 0 Å². The average molecular weight is 297 g/mol. The number of halogens is 3. The Hall–Kier alpha value is -3.09. The maximum Gasteiger partial charge on any atom is 0.416 e. The molecule has 0 saturated carbocycles. The lowest BCUT2D eigenvalue weighted by Gasteiger charge is -2.09. The topological polar surface area (TPSA) is 111 Å². The molecule has 0 unspecified atom stereocenters. The molecule has 0 atom stereocenters. The molecule has 1 heterocycles. The van der Waals surface area contributed by atoms with Crippen LogP contribution in [-0.4, -0.2) is 14.7 Å². The molecule has 21 heavy (non-hydrogen) atoms. The quantitative estimate of drug-likeness (QED) is 0.675. The molecule has 0 aliphatic carbocycles. The van der Waals surface area contributed by atoms with Crippen molar-refractivity contribution >= 4 is 11.5 Å². The summed E-state index contributed by atoms with van der Waals surface area (Å²) in [4.78, 5) is 9.98. The van der Waals surface area contributed by atoms with E-state index >= 15 is 0 Å². The number of benzene rings is 1. The molecule has 0 amide bonds. The molecular weight excluding hydrogens is 291 g/mol. The predicted molar refractivity (Wildman–Crippen MR) is 64.3 cm³/mol. The zero-order valence-corrected chi connectivity index (χ0v) is 10.1. The SMILES string of the molecule is N#Cc1cnn(-c2ccc(C(F)(F)F)cc2[N+](=O)[O-])c1N. The molecule has 108 valence electrons. The molecule has 0 aliphatic rings. The largest absolute Gasteiger partial charge is 0.416 e. The van der Waals surface area contributed by atoms with Crippen LogP contribution in [0, 0.1) is 21.4 Å². The van der Waals surface area contributed by atoms with Crippen LogP contribution in [-0.2, 0) is 6.18 Å². The molecule has 0 aliphatic heterocycles. The molecule has 2 N–H and O–H groups in total. The first-order valence-corrected chi connectivity index (χ1v) is 5.35. The van der Waals surface area contributed by atoms with Gasteiger partial charge in [0, 0.05) is 6.07 Å². The highest BCUT2D eigenvalue weighted by Gasteiger charge is 2.33. The molecule has 0 bridgehead atoms. The van der Waals surface area contributed by atoms with E-state index in [9.17, 15) is 23.3 Å². The molecule has 0 saturated heterocycles. The van der Waals surface area contributed by atoms with Crippen LogP contribution in [0.3, 0.4) is 0 Å². The number of nitro groups is 1. The minimum atomic E-state index is -4.71. The predicted octanol–water partition coefficient (Wildman–Crippen LogP) is 2.25. The van der Waals surface area contributed by atoms with Gasteiger partial charge in [-0.2, -0.15) is 23.5 Å². The van der Waals surface area contributed by atoms with Crippen LogP contribution in [0.4, 0.5) is 24.7 Å². The Morgan fingerprint density at radius 2 is 2.10 bits per heavy atom. The van der Waals surface area contributed by atoms with Crippen molar-refractivity contribution in [2.45, 2.75) is 6.18 Å². The lowest BCUT2D eigenvalue weighted by Crippen LogP contribution is -2.09. The van der Waals surface area contributed by atoms with Crippen molar-refractivity contribution in [2.75, 3.05) is 5.73 Å². The van der Waals surface area contributed by atoms with E-state index < -0.39 is 22.4 Å². The fourth-order valence-corrected chi connectivity index (χ4v) is 1.66. The first-order chi connectivity index (χ1) is 9.75. The number of rotatable bonds is 2. The van der Waals surface area contributed by atoms with Gasteiger partial charge in [-0.05, 0) is 12.1 Å². The number of hydrogen-bond donors (Lipinski definition) is 1. The normalized spacial score (nSPS) is 11.1. The molecule has 1 aromatic carbocycles. The van der Waals surface area contributed by atoms with Gasteiger partial charge in [-0.3, -0.25) is 10.1 Å². The summed E-state index contributed by atoms with van der Waals surface area (Å²) in [6.07, 6.45) is -3.65. The maximum atomic E-state index is 12.6. The molecule has 1 aromatic heterocycles. The van der Waals surface area contributed by atoms with Crippen molar-refractivity contribution in [1.29, 1.82) is 5.26 Å². The molecule has 2 rings (SSSR count). The van der Waals surface area contributed by atoms with Crippen LogP contribution in [0.15, 0.2) is 24.4 Å². The minimum Gasteiger partial charge on any atom is -0.382 e. The minimum absolute atomic E-state index is 0.0378. The molecule has 2 aromatic rings. The van der Waals surface area contributed by atoms with E-state index in [0.717, 1.165) is 16.9 Å². The Morgan fingerprint density at radius 1 is 1.43 bits per heavy atom. The molecule has 7 nitrogen and oxygen atoms in total. The monoisotopic (exact) mass is 297 g/mol. The number of anilines is 1. The Labute approximate surface area is 115 Å². The smallest absolute Gasteiger partial charge is 0.382 e. The second-order valence-electron chi connectivity index (χ2n) is 3.93. The number of nitrogens with two attached hydrogens (primary N) is 1. The van der Waals surface area contributed by atoms with E-state index in [4.69, 9.17) is 11.0 Å². The van der Waals surface area contributed by atoms with Gasteiger partial charge in [-0.1, -0.05) is 0 Å². The van der Waals surface area contributed by atoms with Gasteiger partial charge in [-0.15, -0.1) is 0 Å². The number of nitriles is 1. The van der Waals surface area contributed by atoms with Crippen molar-refractivity contribution in [1.82, 2.24) is 9.78 Å². The summed E-state index contributed by atoms with van der Waals surface area (Å²) in [6, 6.07) is 3.66. The van der Waals surface area contributed by atoms with Gasteiger partial charge >= 0.3 is 6.18 Å². The zero-order valence-electron chi connectivity index (χ0n) is 10.1. The van der Waals surface area contributed by atoms with Gasteiger partial charge in [0.1, 0.15) is 23.1 Å². The lowest BCUT2D eigenvalue weighted by atomic mass is 10.1. The van der Waals surface area contributed by atoms with Gasteiger partial charge in [0.25, 0.3) is 5.69 Å². The highest BCUT2D eigenvalue weighted by molar-refractivity contribution is 5.60. The van der Waals surface area contributed by atoms with Crippen LogP contribution in [0.2, 0.25) is 0 Å². The van der Waals surface area contributed by atoms with E-state index in [-0.39, 0.29) is 17.1 Å². The van der Waals surface area contributed by atoms with Crippen LogP contribution in [0.1, 0.15) is 11.1 Å². The summed E-state index contributed by atoms with van der Waals surface area (Å²) >= 11 is 0. The maximum absolute atomic E-state index is 12.6. The van der Waals surface area contributed by atoms with Crippen molar-refractivity contribution < 1.29 is 18.1 Å². The molecular formula is C11H6F3N5O2. The third-order valence-corrected chi connectivity index (χ3v) is 2.65. The standard InChI is InChI=1S/C11H6F3N5O2/c12-11(13,14)7-1-2-8(9(3-7)19(20)21)18-10(16)6(4-15)5-17-18/h1-3,5H,16H2. The highest BCUT2D eigenvalue weighted by atomic mass is 19.4. The Balaban J connectivity index is 2.67. The summed E-state index contributed by atoms with van der Waals surface area (Å²) < 4.78 is 38.6. The number of alkyl halides is 3. The van der Waals surface area contributed by atoms with Gasteiger partial charge in [0.2, 0.25) is 0 Å². The first-order valence-electron chi connectivity index (χ1n) is 5.35. The third kappa shape index (κ3) is 2.48. The van der Waals surface area contributed by atoms with Gasteiger partial charge in [-0.25, -0.2) is 4.68 Å². The molecule has 0 spiro atoms. The second-order valence-corrected chi connectivity index (χ2v) is 3.93. The Morgan fingerprint density at radius 3 is 2.57 bits per heavy atom. The second kappa shape index (κ2) is 4.78. The Bertz CT molecular complexity index is 760. The van der Waals surface area contributed by atoms with E-state index in [1.54, 1.807) is 6.07 Å². The van der Waals surface area contributed by atoms with E-state index in [2.05, 4.69) is 5.10 Å². The Kier molecular flexibility index (Phi) is 3.26. The van der Waals surface area contributed by atoms with Crippen LogP contribution in [0.5, 0.6) is 0 Å². The van der Waals surface area contributed by atoms with Crippen molar-refractivity contribution in [3.8, 4) is 11.8 Å². The van der Waals surface area contributed by atoms with Gasteiger partial charge in [0.05, 0.1) is 16.7 Å². The number of nitrogen functional groups attached to an aromatic ring is 1. The molecule has 0 fully saturated rings. The average Bonchev–Trinajstić information content (AvgIpc) is 2.77.